The number of nitrogens with zero attached hydrogens (tertiary/aromatic N) is 1. The molecule has 40 heavy (non-hydrogen) atoms. The highest BCUT2D eigenvalue weighted by atomic mass is 16.5. The van der Waals surface area contributed by atoms with Crippen LogP contribution in [0.3, 0.4) is 0 Å². The van der Waals surface area contributed by atoms with Crippen LogP contribution >= 0.6 is 0 Å². The van der Waals surface area contributed by atoms with E-state index in [2.05, 4.69) is 20.9 Å². The van der Waals surface area contributed by atoms with E-state index in [4.69, 9.17) is 4.74 Å². The average molecular weight is 529 g/mol. The van der Waals surface area contributed by atoms with Crippen LogP contribution in [-0.4, -0.2) is 16.9 Å². The van der Waals surface area contributed by atoms with Gasteiger partial charge in [0.25, 0.3) is 5.91 Å². The predicted molar refractivity (Wildman–Crippen MR) is 156 cm³/mol. The van der Waals surface area contributed by atoms with Crippen molar-refractivity contribution in [2.45, 2.75) is 12.6 Å². The number of rotatable bonds is 9. The predicted octanol–water partition coefficient (Wildman–Crippen LogP) is 6.82. The molecule has 0 spiro atoms. The zero-order valence-electron chi connectivity index (χ0n) is 21.7. The summed E-state index contributed by atoms with van der Waals surface area (Å²) in [6.45, 7) is 0.291. The summed E-state index contributed by atoms with van der Waals surface area (Å²) in [6.07, 6.45) is 2.93. The van der Waals surface area contributed by atoms with Gasteiger partial charge in [0.2, 0.25) is 0 Å². The maximum Gasteiger partial charge on any atom is 0.323 e. The molecular formula is C33H28N4O3. The fourth-order valence-electron chi connectivity index (χ4n) is 4.19. The minimum Gasteiger partial charge on any atom is -0.480 e. The molecule has 7 heteroatoms. The lowest BCUT2D eigenvalue weighted by Crippen LogP contribution is -2.25. The summed E-state index contributed by atoms with van der Waals surface area (Å²) >= 11 is 0. The van der Waals surface area contributed by atoms with Gasteiger partial charge in [-0.15, -0.1) is 0 Å². The number of carbonyl (C=O) groups excluding carboxylic acids is 2. The molecule has 0 bridgehead atoms. The van der Waals surface area contributed by atoms with E-state index in [1.165, 1.54) is 0 Å². The van der Waals surface area contributed by atoms with Crippen molar-refractivity contribution in [1.29, 1.82) is 0 Å². The third-order valence-electron chi connectivity index (χ3n) is 6.14. The Kier molecular flexibility index (Phi) is 8.44. The quantitative estimate of drug-likeness (QED) is 0.196. The van der Waals surface area contributed by atoms with Crippen LogP contribution in [0.4, 0.5) is 16.2 Å². The second-order valence-corrected chi connectivity index (χ2v) is 9.02. The van der Waals surface area contributed by atoms with E-state index in [1.807, 2.05) is 91.0 Å². The first-order valence-corrected chi connectivity index (χ1v) is 12.9. The summed E-state index contributed by atoms with van der Waals surface area (Å²) in [5.74, 6) is 0.0428. The third-order valence-corrected chi connectivity index (χ3v) is 6.14. The summed E-state index contributed by atoms with van der Waals surface area (Å²) < 4.78 is 6.55. The van der Waals surface area contributed by atoms with E-state index in [9.17, 15) is 9.59 Å². The van der Waals surface area contributed by atoms with Crippen molar-refractivity contribution in [3.8, 4) is 5.75 Å². The normalized spacial score (nSPS) is 10.5. The number of pyridine rings is 1. The van der Waals surface area contributed by atoms with Crippen LogP contribution in [0, 0.1) is 0 Å². The van der Waals surface area contributed by atoms with Crippen LogP contribution in [0.15, 0.2) is 134 Å². The summed E-state index contributed by atoms with van der Waals surface area (Å²) in [4.78, 5) is 30.2. The highest BCUT2D eigenvalue weighted by Gasteiger charge is 2.21. The van der Waals surface area contributed by atoms with Crippen molar-refractivity contribution in [2.24, 2.45) is 0 Å². The largest absolute Gasteiger partial charge is 0.480 e. The lowest BCUT2D eigenvalue weighted by molar-refractivity contribution is 0.0945. The number of carbonyl (C=O) groups is 2. The molecule has 0 unspecified atom stereocenters. The molecule has 0 radical (unpaired) electrons. The highest BCUT2D eigenvalue weighted by molar-refractivity contribution is 6.02. The van der Waals surface area contributed by atoms with E-state index in [0.717, 1.165) is 16.7 Å². The smallest absolute Gasteiger partial charge is 0.323 e. The second kappa shape index (κ2) is 12.9. The number of aromatic nitrogens is 1. The third kappa shape index (κ3) is 6.90. The number of nitrogens with one attached hydrogen (secondary N) is 3. The SMILES string of the molecule is O=C(Nc1ccccc1)Nc1ccc(OC(c2ccccc2)c2ccccc2)c(C(=O)NCc2cccnc2)c1. The van der Waals surface area contributed by atoms with Crippen molar-refractivity contribution in [1.82, 2.24) is 10.3 Å². The van der Waals surface area contributed by atoms with Gasteiger partial charge in [-0.05, 0) is 53.1 Å². The van der Waals surface area contributed by atoms with E-state index in [-0.39, 0.29) is 5.91 Å². The number of urea groups is 1. The van der Waals surface area contributed by atoms with Gasteiger partial charge in [0, 0.05) is 30.3 Å². The molecule has 5 aromatic rings. The summed E-state index contributed by atoms with van der Waals surface area (Å²) in [6, 6.07) is 37.1. The van der Waals surface area contributed by atoms with Gasteiger partial charge in [-0.3, -0.25) is 9.78 Å². The van der Waals surface area contributed by atoms with Crippen molar-refractivity contribution in [2.75, 3.05) is 10.6 Å². The van der Waals surface area contributed by atoms with Gasteiger partial charge >= 0.3 is 6.03 Å². The number of hydrogen-bond donors (Lipinski definition) is 3. The molecular weight excluding hydrogens is 500 g/mol. The van der Waals surface area contributed by atoms with Gasteiger partial charge < -0.3 is 20.7 Å². The fraction of sp³-hybridized carbons (Fsp3) is 0.0606. The highest BCUT2D eigenvalue weighted by Crippen LogP contribution is 2.32. The van der Waals surface area contributed by atoms with Gasteiger partial charge in [0.1, 0.15) is 11.9 Å². The topological polar surface area (TPSA) is 92.4 Å². The molecule has 198 valence electrons. The van der Waals surface area contributed by atoms with Crippen LogP contribution in [0.2, 0.25) is 0 Å². The van der Waals surface area contributed by atoms with Gasteiger partial charge in [-0.25, -0.2) is 4.79 Å². The fourth-order valence-corrected chi connectivity index (χ4v) is 4.19. The molecule has 0 fully saturated rings. The molecule has 7 nitrogen and oxygen atoms in total. The molecule has 1 heterocycles. The van der Waals surface area contributed by atoms with Crippen molar-refractivity contribution < 1.29 is 14.3 Å². The van der Waals surface area contributed by atoms with Crippen LogP contribution in [0.25, 0.3) is 0 Å². The van der Waals surface area contributed by atoms with Crippen LogP contribution in [0.1, 0.15) is 33.2 Å². The Labute approximate surface area is 232 Å². The molecule has 0 saturated heterocycles. The molecule has 3 amide bonds. The van der Waals surface area contributed by atoms with Gasteiger partial charge in [0.15, 0.2) is 0 Å². The zero-order chi connectivity index (χ0) is 27.6. The first kappa shape index (κ1) is 26.2. The van der Waals surface area contributed by atoms with E-state index >= 15 is 0 Å². The van der Waals surface area contributed by atoms with Crippen molar-refractivity contribution in [3.63, 3.8) is 0 Å². The first-order valence-electron chi connectivity index (χ1n) is 12.9. The Morgan fingerprint density at radius 2 is 1.32 bits per heavy atom. The molecule has 4 aromatic carbocycles. The van der Waals surface area contributed by atoms with E-state index in [0.29, 0.717) is 29.2 Å². The number of ether oxygens (including phenoxy) is 1. The number of amides is 3. The van der Waals surface area contributed by atoms with Crippen LogP contribution in [0.5, 0.6) is 5.75 Å². The molecule has 1 aromatic heterocycles. The summed E-state index contributed by atoms with van der Waals surface area (Å²) in [5.41, 5.74) is 4.14. The summed E-state index contributed by atoms with van der Waals surface area (Å²) in [7, 11) is 0. The number of anilines is 2. The Bertz CT molecular complexity index is 1510. The van der Waals surface area contributed by atoms with Crippen molar-refractivity contribution >= 4 is 23.3 Å². The van der Waals surface area contributed by atoms with Crippen molar-refractivity contribution in [3.05, 3.63) is 156 Å². The molecule has 0 saturated carbocycles. The standard InChI is InChI=1S/C33H28N4O3/c38-32(35-23-24-11-10-20-34-22-24)29-21-28(37-33(39)36-27-16-8-3-9-17-27)18-19-30(29)40-31(25-12-4-1-5-13-25)26-14-6-2-7-15-26/h1-22,31H,23H2,(H,35,38)(H2,36,37,39). The number of benzene rings is 4. The maximum atomic E-state index is 13.5. The molecule has 5 rings (SSSR count). The lowest BCUT2D eigenvalue weighted by atomic mass is 10.0. The Balaban J connectivity index is 1.44. The molecule has 0 aliphatic heterocycles. The number of hydrogen-bond acceptors (Lipinski definition) is 4. The Hall–Kier alpha value is -5.43. The monoisotopic (exact) mass is 528 g/mol. The Morgan fingerprint density at radius 3 is 1.95 bits per heavy atom. The Morgan fingerprint density at radius 1 is 0.700 bits per heavy atom. The second-order valence-electron chi connectivity index (χ2n) is 9.02. The average Bonchev–Trinajstić information content (AvgIpc) is 3.01. The van der Waals surface area contributed by atoms with Gasteiger partial charge in [-0.1, -0.05) is 84.9 Å². The van der Waals surface area contributed by atoms with E-state index < -0.39 is 12.1 Å². The van der Waals surface area contributed by atoms with Gasteiger partial charge in [-0.2, -0.15) is 0 Å². The molecule has 0 aliphatic carbocycles. The zero-order valence-corrected chi connectivity index (χ0v) is 21.7. The number of para-hydroxylation sites is 1. The minimum atomic E-state index is -0.451. The molecule has 0 atom stereocenters. The van der Waals surface area contributed by atoms with Crippen LogP contribution in [-0.2, 0) is 6.54 Å². The van der Waals surface area contributed by atoms with Crippen LogP contribution < -0.4 is 20.7 Å². The maximum absolute atomic E-state index is 13.5. The molecule has 3 N–H and O–H groups in total. The lowest BCUT2D eigenvalue weighted by Gasteiger charge is -2.22. The summed E-state index contributed by atoms with van der Waals surface area (Å²) in [5, 5.41) is 8.54. The molecule has 0 aliphatic rings. The van der Waals surface area contributed by atoms with E-state index in [1.54, 1.807) is 42.7 Å². The minimum absolute atomic E-state index is 0.290. The van der Waals surface area contributed by atoms with Gasteiger partial charge in [0.05, 0.1) is 5.56 Å². The first-order chi connectivity index (χ1) is 19.7.